The monoisotopic (exact) mass is 249 g/mol. The van der Waals surface area contributed by atoms with E-state index >= 15 is 0 Å². The Morgan fingerprint density at radius 1 is 1.33 bits per heavy atom. The fraction of sp³-hybridized carbons (Fsp3) is 0.462. The molecule has 5 nitrogen and oxygen atoms in total. The molecule has 0 aliphatic carbocycles. The van der Waals surface area contributed by atoms with Crippen LogP contribution in [0.2, 0.25) is 0 Å². The molecule has 1 aromatic rings. The molecule has 1 aromatic carbocycles. The molecule has 0 saturated carbocycles. The van der Waals surface area contributed by atoms with Gasteiger partial charge in [0.25, 0.3) is 0 Å². The number of carbonyl (C=O) groups is 1. The molecule has 18 heavy (non-hydrogen) atoms. The Hall–Kier alpha value is -1.75. The van der Waals surface area contributed by atoms with E-state index in [1.807, 2.05) is 24.3 Å². The van der Waals surface area contributed by atoms with Gasteiger partial charge in [0.05, 0.1) is 12.2 Å². The maximum absolute atomic E-state index is 10.7. The Balaban J connectivity index is 1.81. The number of anilines is 2. The fourth-order valence-corrected chi connectivity index (χ4v) is 2.08. The largest absolute Gasteiger partial charge is 0.382 e. The Morgan fingerprint density at radius 3 is 2.56 bits per heavy atom. The van der Waals surface area contributed by atoms with E-state index < -0.39 is 6.03 Å². The molecule has 1 fully saturated rings. The Kier molecular flexibility index (Phi) is 4.04. The highest BCUT2D eigenvalue weighted by atomic mass is 16.5. The average Bonchev–Trinajstić information content (AvgIpc) is 2.74. The maximum Gasteiger partial charge on any atom is 0.316 e. The van der Waals surface area contributed by atoms with Crippen LogP contribution in [0.4, 0.5) is 16.2 Å². The van der Waals surface area contributed by atoms with Gasteiger partial charge in [-0.2, -0.15) is 0 Å². The molecule has 0 aromatic heterocycles. The third-order valence-corrected chi connectivity index (χ3v) is 3.01. The van der Waals surface area contributed by atoms with Crippen LogP contribution >= 0.6 is 0 Å². The van der Waals surface area contributed by atoms with Crippen LogP contribution in [-0.4, -0.2) is 24.8 Å². The number of nitrogens with two attached hydrogens (primary N) is 1. The number of ether oxygens (including phenoxy) is 1. The highest BCUT2D eigenvalue weighted by Crippen LogP contribution is 2.20. The van der Waals surface area contributed by atoms with Crippen molar-refractivity contribution in [2.45, 2.75) is 32.0 Å². The second kappa shape index (κ2) is 5.73. The van der Waals surface area contributed by atoms with Gasteiger partial charge in [-0.05, 0) is 44.0 Å². The van der Waals surface area contributed by atoms with E-state index in [0.717, 1.165) is 25.1 Å². The van der Waals surface area contributed by atoms with E-state index in [2.05, 4.69) is 17.6 Å². The molecule has 1 heterocycles. The number of carbonyl (C=O) groups excluding carboxylic acids is 1. The van der Waals surface area contributed by atoms with Crippen LogP contribution in [0.5, 0.6) is 0 Å². The number of primary amides is 1. The zero-order valence-electron chi connectivity index (χ0n) is 10.5. The summed E-state index contributed by atoms with van der Waals surface area (Å²) in [6.07, 6.45) is 2.91. The second-order valence-corrected chi connectivity index (χ2v) is 4.59. The van der Waals surface area contributed by atoms with E-state index in [0.29, 0.717) is 17.9 Å². The van der Waals surface area contributed by atoms with Crippen LogP contribution in [0.15, 0.2) is 24.3 Å². The molecule has 98 valence electrons. The van der Waals surface area contributed by atoms with Crippen molar-refractivity contribution >= 4 is 17.4 Å². The smallest absolute Gasteiger partial charge is 0.316 e. The van der Waals surface area contributed by atoms with Crippen LogP contribution in [0, 0.1) is 0 Å². The zero-order valence-corrected chi connectivity index (χ0v) is 10.5. The summed E-state index contributed by atoms with van der Waals surface area (Å²) in [6, 6.07) is 6.88. The summed E-state index contributed by atoms with van der Waals surface area (Å²) in [6.45, 7) is 2.91. The lowest BCUT2D eigenvalue weighted by atomic mass is 10.2. The lowest BCUT2D eigenvalue weighted by molar-refractivity contribution is 0.0637. The van der Waals surface area contributed by atoms with Gasteiger partial charge < -0.3 is 21.1 Å². The maximum atomic E-state index is 10.7. The van der Waals surface area contributed by atoms with Gasteiger partial charge in [-0.15, -0.1) is 0 Å². The first-order valence-corrected chi connectivity index (χ1v) is 6.19. The summed E-state index contributed by atoms with van der Waals surface area (Å²) in [4.78, 5) is 10.7. The number of rotatable bonds is 4. The second-order valence-electron chi connectivity index (χ2n) is 4.59. The first kappa shape index (κ1) is 12.7. The highest BCUT2D eigenvalue weighted by molar-refractivity contribution is 5.87. The first-order chi connectivity index (χ1) is 8.63. The summed E-state index contributed by atoms with van der Waals surface area (Å²) < 4.78 is 5.72. The molecule has 1 saturated heterocycles. The molecule has 1 aliphatic rings. The first-order valence-electron chi connectivity index (χ1n) is 6.19. The minimum Gasteiger partial charge on any atom is -0.382 e. The average molecular weight is 249 g/mol. The molecule has 0 spiro atoms. The van der Waals surface area contributed by atoms with Gasteiger partial charge in [0, 0.05) is 17.9 Å². The van der Waals surface area contributed by atoms with Crippen molar-refractivity contribution in [3.8, 4) is 0 Å². The van der Waals surface area contributed by atoms with Gasteiger partial charge in [0.1, 0.15) is 0 Å². The zero-order chi connectivity index (χ0) is 13.0. The van der Waals surface area contributed by atoms with Gasteiger partial charge in [-0.3, -0.25) is 0 Å². The van der Waals surface area contributed by atoms with Crippen LogP contribution in [0.1, 0.15) is 19.8 Å². The Bertz CT molecular complexity index is 405. The standard InChI is InChI=1S/C13H19N3O2/c1-9-2-7-12(18-9)8-15-10-3-5-11(6-4-10)16-13(14)17/h3-6,9,12,15H,2,7-8H2,1H3,(H3,14,16,17). The fourth-order valence-electron chi connectivity index (χ4n) is 2.08. The Labute approximate surface area is 107 Å². The summed E-state index contributed by atoms with van der Waals surface area (Å²) in [7, 11) is 0. The lowest BCUT2D eigenvalue weighted by Gasteiger charge is -2.13. The number of urea groups is 1. The van der Waals surface area contributed by atoms with Crippen molar-refractivity contribution in [2.75, 3.05) is 17.2 Å². The third kappa shape index (κ3) is 3.63. The van der Waals surface area contributed by atoms with Crippen LogP contribution in [-0.2, 0) is 4.74 Å². The molecule has 2 rings (SSSR count). The number of amides is 2. The molecule has 4 N–H and O–H groups in total. The number of benzene rings is 1. The van der Waals surface area contributed by atoms with Gasteiger partial charge in [0.15, 0.2) is 0 Å². The van der Waals surface area contributed by atoms with Crippen molar-refractivity contribution in [1.29, 1.82) is 0 Å². The molecule has 2 atom stereocenters. The van der Waals surface area contributed by atoms with Crippen LogP contribution < -0.4 is 16.4 Å². The van der Waals surface area contributed by atoms with Crippen molar-refractivity contribution in [3.05, 3.63) is 24.3 Å². The normalized spacial score (nSPS) is 22.7. The summed E-state index contributed by atoms with van der Waals surface area (Å²) in [5, 5.41) is 5.84. The summed E-state index contributed by atoms with van der Waals surface area (Å²) >= 11 is 0. The quantitative estimate of drug-likeness (QED) is 0.765. The highest BCUT2D eigenvalue weighted by Gasteiger charge is 2.21. The minimum absolute atomic E-state index is 0.295. The van der Waals surface area contributed by atoms with E-state index in [1.54, 1.807) is 0 Å². The van der Waals surface area contributed by atoms with E-state index in [9.17, 15) is 4.79 Å². The summed E-state index contributed by atoms with van der Waals surface area (Å²) in [5.41, 5.74) is 6.74. The number of hydrogen-bond donors (Lipinski definition) is 3. The van der Waals surface area contributed by atoms with Crippen molar-refractivity contribution in [3.63, 3.8) is 0 Å². The van der Waals surface area contributed by atoms with Crippen LogP contribution in [0.25, 0.3) is 0 Å². The van der Waals surface area contributed by atoms with Gasteiger partial charge in [-0.25, -0.2) is 4.79 Å². The molecule has 0 bridgehead atoms. The number of hydrogen-bond acceptors (Lipinski definition) is 3. The molecule has 5 heteroatoms. The lowest BCUT2D eigenvalue weighted by Crippen LogP contribution is -2.20. The molecule has 2 unspecified atom stereocenters. The third-order valence-electron chi connectivity index (χ3n) is 3.01. The van der Waals surface area contributed by atoms with Gasteiger partial charge in [-0.1, -0.05) is 0 Å². The molecular formula is C13H19N3O2. The molecular weight excluding hydrogens is 230 g/mol. The molecule has 2 amide bonds. The molecule has 1 aliphatic heterocycles. The van der Waals surface area contributed by atoms with Crippen molar-refractivity contribution < 1.29 is 9.53 Å². The Morgan fingerprint density at radius 2 is 2.00 bits per heavy atom. The van der Waals surface area contributed by atoms with Gasteiger partial charge in [0.2, 0.25) is 0 Å². The number of nitrogens with one attached hydrogen (secondary N) is 2. The van der Waals surface area contributed by atoms with E-state index in [-0.39, 0.29) is 0 Å². The van der Waals surface area contributed by atoms with Crippen LogP contribution in [0.3, 0.4) is 0 Å². The van der Waals surface area contributed by atoms with E-state index in [1.165, 1.54) is 0 Å². The predicted molar refractivity (Wildman–Crippen MR) is 71.7 cm³/mol. The van der Waals surface area contributed by atoms with Crippen molar-refractivity contribution in [1.82, 2.24) is 0 Å². The summed E-state index contributed by atoms with van der Waals surface area (Å²) in [5.74, 6) is 0. The minimum atomic E-state index is -0.552. The SMILES string of the molecule is CC1CCC(CNc2ccc(NC(N)=O)cc2)O1. The van der Waals surface area contributed by atoms with Crippen molar-refractivity contribution in [2.24, 2.45) is 5.73 Å². The van der Waals surface area contributed by atoms with Gasteiger partial charge >= 0.3 is 6.03 Å². The van der Waals surface area contributed by atoms with E-state index in [4.69, 9.17) is 10.5 Å². The molecule has 0 radical (unpaired) electrons. The predicted octanol–water partition coefficient (Wildman–Crippen LogP) is 2.16. The topological polar surface area (TPSA) is 76.4 Å².